The molecule has 0 aliphatic carbocycles. The van der Waals surface area contributed by atoms with E-state index in [2.05, 4.69) is 10.0 Å². The van der Waals surface area contributed by atoms with Gasteiger partial charge in [0.1, 0.15) is 0 Å². The molecule has 0 radical (unpaired) electrons. The number of rotatable bonds is 9. The Morgan fingerprint density at radius 2 is 1.81 bits per heavy atom. The largest absolute Gasteiger partial charge is 0.416 e. The Morgan fingerprint density at radius 1 is 1.23 bits per heavy atom. The predicted molar refractivity (Wildman–Crippen MR) is 92.5 cm³/mol. The smallest absolute Gasteiger partial charge is 0.359 e. The highest BCUT2D eigenvalue weighted by atomic mass is 32.2. The molecule has 0 fully saturated rings. The van der Waals surface area contributed by atoms with E-state index in [1.54, 1.807) is 0 Å². The van der Waals surface area contributed by atoms with E-state index in [1.165, 1.54) is 26.2 Å². The molecule has 0 saturated carbocycles. The molecule has 10 heteroatoms. The summed E-state index contributed by atoms with van der Waals surface area (Å²) in [6, 6.07) is 4.46. The van der Waals surface area contributed by atoms with Crippen LogP contribution >= 0.6 is 0 Å². The zero-order valence-electron chi connectivity index (χ0n) is 14.9. The summed E-state index contributed by atoms with van der Waals surface area (Å²) in [6.45, 7) is 2.01. The molecule has 1 unspecified atom stereocenters. The number of carbonyl (C=O) groups is 1. The van der Waals surface area contributed by atoms with Crippen LogP contribution < -0.4 is 10.0 Å². The summed E-state index contributed by atoms with van der Waals surface area (Å²) in [5, 5.41) is 2.44. The number of nitrogens with zero attached hydrogens (tertiary/aromatic N) is 1. The summed E-state index contributed by atoms with van der Waals surface area (Å²) >= 11 is 0. The van der Waals surface area contributed by atoms with Crippen LogP contribution in [0.25, 0.3) is 0 Å². The third-order valence-electron chi connectivity index (χ3n) is 3.84. The Balaban J connectivity index is 2.84. The standard InChI is InChI=1S/C16H24F3N3O3S/c1-4-9-22(3)26(24,25)21-11-13(15(23)20-2)10-12-5-7-14(8-6-12)16(17,18)19/h5-8,13,21H,4,9-11H2,1-3H3,(H,20,23). The first-order valence-corrected chi connectivity index (χ1v) is 9.54. The first-order chi connectivity index (χ1) is 12.0. The number of hydrogen-bond donors (Lipinski definition) is 2. The lowest BCUT2D eigenvalue weighted by Gasteiger charge is -2.20. The number of amides is 1. The highest BCUT2D eigenvalue weighted by Gasteiger charge is 2.30. The van der Waals surface area contributed by atoms with E-state index in [9.17, 15) is 26.4 Å². The molecule has 0 aliphatic heterocycles. The number of benzene rings is 1. The molecule has 0 spiro atoms. The monoisotopic (exact) mass is 395 g/mol. The zero-order valence-corrected chi connectivity index (χ0v) is 15.7. The second kappa shape index (κ2) is 9.33. The van der Waals surface area contributed by atoms with Crippen molar-refractivity contribution in [2.24, 2.45) is 5.92 Å². The summed E-state index contributed by atoms with van der Waals surface area (Å²) in [6.07, 6.45) is -3.68. The number of nitrogens with one attached hydrogen (secondary N) is 2. The maximum absolute atomic E-state index is 12.6. The van der Waals surface area contributed by atoms with E-state index in [4.69, 9.17) is 0 Å². The zero-order chi connectivity index (χ0) is 20.0. The minimum atomic E-state index is -4.43. The molecule has 0 aliphatic rings. The molecule has 2 N–H and O–H groups in total. The lowest BCUT2D eigenvalue weighted by molar-refractivity contribution is -0.137. The highest BCUT2D eigenvalue weighted by Crippen LogP contribution is 2.29. The molecule has 0 saturated heterocycles. The van der Waals surface area contributed by atoms with Crippen molar-refractivity contribution in [3.05, 3.63) is 35.4 Å². The fraction of sp³-hybridized carbons (Fsp3) is 0.562. The molecular formula is C16H24F3N3O3S. The van der Waals surface area contributed by atoms with Crippen LogP contribution in [-0.2, 0) is 27.6 Å². The lowest BCUT2D eigenvalue weighted by Crippen LogP contribution is -2.44. The van der Waals surface area contributed by atoms with Gasteiger partial charge in [-0.2, -0.15) is 25.9 Å². The van der Waals surface area contributed by atoms with E-state index in [0.717, 1.165) is 16.4 Å². The van der Waals surface area contributed by atoms with Gasteiger partial charge in [-0.1, -0.05) is 19.1 Å². The van der Waals surface area contributed by atoms with Gasteiger partial charge >= 0.3 is 6.18 Å². The van der Waals surface area contributed by atoms with Crippen molar-refractivity contribution in [2.75, 3.05) is 27.2 Å². The fourth-order valence-electron chi connectivity index (χ4n) is 2.33. The highest BCUT2D eigenvalue weighted by molar-refractivity contribution is 7.87. The minimum Gasteiger partial charge on any atom is -0.359 e. The first kappa shape index (κ1) is 22.4. The topological polar surface area (TPSA) is 78.5 Å². The van der Waals surface area contributed by atoms with Crippen LogP contribution in [0, 0.1) is 5.92 Å². The second-order valence-electron chi connectivity index (χ2n) is 5.89. The molecule has 148 valence electrons. The molecule has 0 bridgehead atoms. The minimum absolute atomic E-state index is 0.109. The van der Waals surface area contributed by atoms with Gasteiger partial charge in [0, 0.05) is 27.2 Å². The molecule has 0 aromatic heterocycles. The number of halogens is 3. The molecule has 26 heavy (non-hydrogen) atoms. The van der Waals surface area contributed by atoms with Gasteiger partial charge in [-0.05, 0) is 30.5 Å². The molecule has 1 aromatic carbocycles. The van der Waals surface area contributed by atoms with Gasteiger partial charge in [-0.25, -0.2) is 4.72 Å². The van der Waals surface area contributed by atoms with Gasteiger partial charge in [0.25, 0.3) is 10.2 Å². The van der Waals surface area contributed by atoms with Crippen LogP contribution in [0.5, 0.6) is 0 Å². The van der Waals surface area contributed by atoms with Crippen LogP contribution in [0.3, 0.4) is 0 Å². The van der Waals surface area contributed by atoms with Crippen LogP contribution in [0.1, 0.15) is 24.5 Å². The Morgan fingerprint density at radius 3 is 2.27 bits per heavy atom. The Labute approximate surface area is 151 Å². The number of carbonyl (C=O) groups excluding carboxylic acids is 1. The number of hydrogen-bond acceptors (Lipinski definition) is 3. The van der Waals surface area contributed by atoms with Gasteiger partial charge in [0.2, 0.25) is 5.91 Å². The molecule has 1 rings (SSSR count). The maximum Gasteiger partial charge on any atom is 0.416 e. The van der Waals surface area contributed by atoms with Crippen molar-refractivity contribution in [3.63, 3.8) is 0 Å². The van der Waals surface area contributed by atoms with Gasteiger partial charge in [-0.15, -0.1) is 0 Å². The molecular weight excluding hydrogens is 371 g/mol. The second-order valence-corrected chi connectivity index (χ2v) is 7.75. The fourth-order valence-corrected chi connectivity index (χ4v) is 3.38. The van der Waals surface area contributed by atoms with Crippen LogP contribution in [0.2, 0.25) is 0 Å². The molecule has 1 aromatic rings. The lowest BCUT2D eigenvalue weighted by atomic mass is 9.98. The molecule has 0 heterocycles. The van der Waals surface area contributed by atoms with Crippen molar-refractivity contribution in [3.8, 4) is 0 Å². The van der Waals surface area contributed by atoms with E-state index in [-0.39, 0.29) is 13.0 Å². The van der Waals surface area contributed by atoms with Gasteiger partial charge in [0.05, 0.1) is 11.5 Å². The van der Waals surface area contributed by atoms with Crippen molar-refractivity contribution in [2.45, 2.75) is 25.9 Å². The summed E-state index contributed by atoms with van der Waals surface area (Å²) in [5.74, 6) is -1.15. The van der Waals surface area contributed by atoms with E-state index >= 15 is 0 Å². The molecule has 6 nitrogen and oxygen atoms in total. The molecule has 1 atom stereocenters. The first-order valence-electron chi connectivity index (χ1n) is 8.10. The van der Waals surface area contributed by atoms with Crippen LogP contribution in [0.4, 0.5) is 13.2 Å². The van der Waals surface area contributed by atoms with Crippen LogP contribution in [0.15, 0.2) is 24.3 Å². The average molecular weight is 395 g/mol. The number of alkyl halides is 3. The Hall–Kier alpha value is -1.65. The van der Waals surface area contributed by atoms with Gasteiger partial charge in [-0.3, -0.25) is 4.79 Å². The van der Waals surface area contributed by atoms with E-state index in [0.29, 0.717) is 18.5 Å². The van der Waals surface area contributed by atoms with Crippen molar-refractivity contribution in [1.29, 1.82) is 0 Å². The third-order valence-corrected chi connectivity index (χ3v) is 5.38. The summed E-state index contributed by atoms with van der Waals surface area (Å²) in [5.41, 5.74) is -0.271. The van der Waals surface area contributed by atoms with Crippen LogP contribution in [-0.4, -0.2) is 45.8 Å². The predicted octanol–water partition coefficient (Wildman–Crippen LogP) is 1.79. The van der Waals surface area contributed by atoms with Gasteiger partial charge < -0.3 is 5.32 Å². The summed E-state index contributed by atoms with van der Waals surface area (Å²) < 4.78 is 65.5. The average Bonchev–Trinajstić information content (AvgIpc) is 2.57. The van der Waals surface area contributed by atoms with E-state index < -0.39 is 33.8 Å². The van der Waals surface area contributed by atoms with E-state index in [1.807, 2.05) is 6.92 Å². The summed E-state index contributed by atoms with van der Waals surface area (Å²) in [7, 11) is -0.879. The third kappa shape index (κ3) is 6.58. The normalized spacial score (nSPS) is 13.7. The Kier molecular flexibility index (Phi) is 8.04. The summed E-state index contributed by atoms with van der Waals surface area (Å²) in [4.78, 5) is 12.0. The Bertz CT molecular complexity index is 691. The van der Waals surface area contributed by atoms with Crippen molar-refractivity contribution < 1.29 is 26.4 Å². The SMILES string of the molecule is CCCN(C)S(=O)(=O)NCC(Cc1ccc(C(F)(F)F)cc1)C(=O)NC. The maximum atomic E-state index is 12.6. The quantitative estimate of drug-likeness (QED) is 0.669. The van der Waals surface area contributed by atoms with Gasteiger partial charge in [0.15, 0.2) is 0 Å². The van der Waals surface area contributed by atoms with Crippen molar-refractivity contribution in [1.82, 2.24) is 14.3 Å². The molecule has 1 amide bonds. The van der Waals surface area contributed by atoms with Crippen molar-refractivity contribution >= 4 is 16.1 Å².